The van der Waals surface area contributed by atoms with Crippen molar-refractivity contribution in [2.24, 2.45) is 0 Å². The van der Waals surface area contributed by atoms with Gasteiger partial charge in [0, 0.05) is 29.3 Å². The van der Waals surface area contributed by atoms with Crippen LogP contribution < -0.4 is 10.1 Å². The van der Waals surface area contributed by atoms with Crippen LogP contribution in [0.1, 0.15) is 18.4 Å². The minimum atomic E-state index is -3.07. The van der Waals surface area contributed by atoms with Crippen LogP contribution in [0.3, 0.4) is 0 Å². The smallest absolute Gasteiger partial charge is 0.237 e. The van der Waals surface area contributed by atoms with E-state index in [-0.39, 0.29) is 34.5 Å². The third kappa shape index (κ3) is 5.82. The molecule has 2 aromatic rings. The quantitative estimate of drug-likeness (QED) is 0.660. The predicted molar refractivity (Wildman–Crippen MR) is 123 cm³/mol. The minimum absolute atomic E-state index is 0.000612. The number of carbonyl (C=O) groups excluding carboxylic acids is 1. The molecule has 32 heavy (non-hydrogen) atoms. The van der Waals surface area contributed by atoms with Crippen LogP contribution in [0.4, 0.5) is 4.39 Å². The Morgan fingerprint density at radius 1 is 1.25 bits per heavy atom. The standard InChI is InChI=1S/C23H27FN2O4S2/c1-30-19-5-7-20(8-6-19)31-21-12-22(23(27)25-18-9-10-32(28,29)15-18)26(14-21)13-16-3-2-4-17(24)11-16/h2-8,11,18,21-22H,9-10,12-15H2,1H3,(H,25,27)/t18?,21-,22+/m1/s1. The van der Waals surface area contributed by atoms with Crippen LogP contribution in [0.25, 0.3) is 0 Å². The molecule has 2 aliphatic heterocycles. The van der Waals surface area contributed by atoms with Crippen molar-refractivity contribution in [3.63, 3.8) is 0 Å². The minimum Gasteiger partial charge on any atom is -0.497 e. The van der Waals surface area contributed by atoms with Gasteiger partial charge in [-0.15, -0.1) is 11.8 Å². The molecule has 4 rings (SSSR count). The highest BCUT2D eigenvalue weighted by atomic mass is 32.2. The van der Waals surface area contributed by atoms with Crippen molar-refractivity contribution in [3.05, 3.63) is 59.9 Å². The van der Waals surface area contributed by atoms with E-state index in [1.807, 2.05) is 30.3 Å². The van der Waals surface area contributed by atoms with Crippen molar-refractivity contribution >= 4 is 27.5 Å². The number of thioether (sulfide) groups is 1. The molecule has 1 amide bonds. The van der Waals surface area contributed by atoms with Crippen molar-refractivity contribution in [3.8, 4) is 5.75 Å². The fraction of sp³-hybridized carbons (Fsp3) is 0.435. The second kappa shape index (κ2) is 9.80. The van der Waals surface area contributed by atoms with Gasteiger partial charge in [0.15, 0.2) is 9.84 Å². The Kier molecular flexibility index (Phi) is 7.07. The maximum atomic E-state index is 13.7. The first-order chi connectivity index (χ1) is 15.3. The number of methoxy groups -OCH3 is 1. The van der Waals surface area contributed by atoms with Gasteiger partial charge in [0.05, 0.1) is 24.7 Å². The Morgan fingerprint density at radius 2 is 2.03 bits per heavy atom. The topological polar surface area (TPSA) is 75.7 Å². The molecule has 0 aliphatic carbocycles. The highest BCUT2D eigenvalue weighted by Crippen LogP contribution is 2.34. The van der Waals surface area contributed by atoms with Gasteiger partial charge in [0.25, 0.3) is 0 Å². The summed E-state index contributed by atoms with van der Waals surface area (Å²) in [4.78, 5) is 16.3. The van der Waals surface area contributed by atoms with Crippen LogP contribution in [0.15, 0.2) is 53.4 Å². The molecule has 6 nitrogen and oxygen atoms in total. The second-order valence-corrected chi connectivity index (χ2v) is 11.9. The molecule has 2 aromatic carbocycles. The average Bonchev–Trinajstić information content (AvgIpc) is 3.30. The van der Waals surface area contributed by atoms with E-state index >= 15 is 0 Å². The molecule has 0 saturated carbocycles. The Labute approximate surface area is 192 Å². The van der Waals surface area contributed by atoms with Crippen molar-refractivity contribution < 1.29 is 22.3 Å². The molecule has 9 heteroatoms. The molecule has 1 N–H and O–H groups in total. The monoisotopic (exact) mass is 478 g/mol. The summed E-state index contributed by atoms with van der Waals surface area (Å²) in [6.45, 7) is 1.13. The largest absolute Gasteiger partial charge is 0.497 e. The fourth-order valence-corrected chi connectivity index (χ4v) is 7.21. The number of likely N-dealkylation sites (tertiary alicyclic amines) is 1. The SMILES string of the molecule is COc1ccc(S[C@@H]2C[C@@H](C(=O)NC3CCS(=O)(=O)C3)N(Cc3cccc(F)c3)C2)cc1. The van der Waals surface area contributed by atoms with Crippen LogP contribution in [0.2, 0.25) is 0 Å². The number of halogens is 1. The highest BCUT2D eigenvalue weighted by Gasteiger charge is 2.39. The van der Waals surface area contributed by atoms with Gasteiger partial charge in [-0.05, 0) is 54.8 Å². The number of sulfone groups is 1. The summed E-state index contributed by atoms with van der Waals surface area (Å²) in [7, 11) is -1.45. The van der Waals surface area contributed by atoms with Gasteiger partial charge < -0.3 is 10.1 Å². The van der Waals surface area contributed by atoms with Crippen molar-refractivity contribution in [1.82, 2.24) is 10.2 Å². The Morgan fingerprint density at radius 3 is 2.69 bits per heavy atom. The summed E-state index contributed by atoms with van der Waals surface area (Å²) in [5.41, 5.74) is 0.807. The normalized spacial score (nSPS) is 25.0. The van der Waals surface area contributed by atoms with E-state index < -0.39 is 15.9 Å². The van der Waals surface area contributed by atoms with Crippen molar-refractivity contribution in [2.75, 3.05) is 25.2 Å². The van der Waals surface area contributed by atoms with Gasteiger partial charge in [-0.1, -0.05) is 12.1 Å². The molecule has 2 saturated heterocycles. The number of rotatable bonds is 7. The van der Waals surface area contributed by atoms with Gasteiger partial charge >= 0.3 is 0 Å². The first-order valence-corrected chi connectivity index (χ1v) is 13.3. The number of ether oxygens (including phenoxy) is 1. The third-order valence-corrected chi connectivity index (χ3v) is 8.87. The van der Waals surface area contributed by atoms with Crippen molar-refractivity contribution in [2.45, 2.75) is 41.6 Å². The first-order valence-electron chi connectivity index (χ1n) is 10.6. The summed E-state index contributed by atoms with van der Waals surface area (Å²) in [6.07, 6.45) is 1.09. The summed E-state index contributed by atoms with van der Waals surface area (Å²) < 4.78 is 42.5. The summed E-state index contributed by atoms with van der Waals surface area (Å²) in [5.74, 6) is 0.451. The highest BCUT2D eigenvalue weighted by molar-refractivity contribution is 8.00. The molecular formula is C23H27FN2O4S2. The lowest BCUT2D eigenvalue weighted by molar-refractivity contribution is -0.126. The van der Waals surface area contributed by atoms with Gasteiger partial charge in [0.2, 0.25) is 5.91 Å². The maximum Gasteiger partial charge on any atom is 0.237 e. The van der Waals surface area contributed by atoms with E-state index in [0.717, 1.165) is 16.2 Å². The zero-order valence-electron chi connectivity index (χ0n) is 17.9. The van der Waals surface area contributed by atoms with Gasteiger partial charge in [-0.3, -0.25) is 9.69 Å². The van der Waals surface area contributed by atoms with E-state index in [1.54, 1.807) is 24.9 Å². The second-order valence-electron chi connectivity index (χ2n) is 8.33. The predicted octanol–water partition coefficient (Wildman–Crippen LogP) is 2.87. The Balaban J connectivity index is 1.47. The van der Waals surface area contributed by atoms with Crippen molar-refractivity contribution in [1.29, 1.82) is 0 Å². The molecule has 2 aliphatic rings. The molecule has 172 valence electrons. The molecule has 0 aromatic heterocycles. The molecular weight excluding hydrogens is 451 g/mol. The number of nitrogens with one attached hydrogen (secondary N) is 1. The molecule has 0 bridgehead atoms. The van der Waals surface area contributed by atoms with Gasteiger partial charge in [-0.25, -0.2) is 12.8 Å². The first kappa shape index (κ1) is 23.1. The van der Waals surface area contributed by atoms with E-state index in [9.17, 15) is 17.6 Å². The van der Waals surface area contributed by atoms with E-state index in [2.05, 4.69) is 10.2 Å². The van der Waals surface area contributed by atoms with Gasteiger partial charge in [-0.2, -0.15) is 0 Å². The lowest BCUT2D eigenvalue weighted by Crippen LogP contribution is -2.47. The lowest BCUT2D eigenvalue weighted by Gasteiger charge is -2.25. The molecule has 1 unspecified atom stereocenters. The molecule has 0 radical (unpaired) electrons. The van der Waals surface area contributed by atoms with Crippen LogP contribution in [0.5, 0.6) is 5.75 Å². The van der Waals surface area contributed by atoms with Gasteiger partial charge in [0.1, 0.15) is 11.6 Å². The van der Waals surface area contributed by atoms with E-state index in [1.165, 1.54) is 12.1 Å². The number of hydrogen-bond acceptors (Lipinski definition) is 6. The number of benzene rings is 2. The zero-order chi connectivity index (χ0) is 22.7. The number of amides is 1. The summed E-state index contributed by atoms with van der Waals surface area (Å²) >= 11 is 1.70. The average molecular weight is 479 g/mol. The van der Waals surface area contributed by atoms with E-state index in [4.69, 9.17) is 4.74 Å². The van der Waals surface area contributed by atoms with E-state index in [0.29, 0.717) is 25.9 Å². The fourth-order valence-electron chi connectivity index (χ4n) is 4.32. The summed E-state index contributed by atoms with van der Waals surface area (Å²) in [5, 5.41) is 3.12. The number of hydrogen-bond donors (Lipinski definition) is 1. The Bertz CT molecular complexity index is 1060. The van der Waals surface area contributed by atoms with Crippen LogP contribution in [-0.2, 0) is 21.2 Å². The summed E-state index contributed by atoms with van der Waals surface area (Å²) in [6, 6.07) is 13.5. The van der Waals surface area contributed by atoms with Crippen LogP contribution in [0, 0.1) is 5.82 Å². The Hall–Kier alpha value is -2.10. The molecule has 2 heterocycles. The third-order valence-electron chi connectivity index (χ3n) is 5.88. The molecule has 0 spiro atoms. The maximum absolute atomic E-state index is 13.7. The lowest BCUT2D eigenvalue weighted by atomic mass is 10.1. The molecule has 2 fully saturated rings. The number of nitrogens with zero attached hydrogens (tertiary/aromatic N) is 1. The van der Waals surface area contributed by atoms with Crippen LogP contribution >= 0.6 is 11.8 Å². The van der Waals surface area contributed by atoms with Crippen LogP contribution in [-0.4, -0.2) is 61.7 Å². The zero-order valence-corrected chi connectivity index (χ0v) is 19.5. The molecule has 3 atom stereocenters. The number of carbonyl (C=O) groups is 1.